The highest BCUT2D eigenvalue weighted by Crippen LogP contribution is 2.51. The molecule has 3 aromatic heterocycles. The summed E-state index contributed by atoms with van der Waals surface area (Å²) in [7, 11) is 0. The molecule has 0 amide bonds. The summed E-state index contributed by atoms with van der Waals surface area (Å²) in [6.45, 7) is 13.3. The van der Waals surface area contributed by atoms with Gasteiger partial charge in [0.2, 0.25) is 0 Å². The molecule has 0 spiro atoms. The van der Waals surface area contributed by atoms with Gasteiger partial charge in [0.15, 0.2) is 0 Å². The van der Waals surface area contributed by atoms with Crippen LogP contribution in [0.5, 0.6) is 0 Å². The number of hydrogen-bond acceptors (Lipinski definition) is 6. The van der Waals surface area contributed by atoms with Crippen LogP contribution in [0.1, 0.15) is 64.0 Å². The number of halogens is 2. The third kappa shape index (κ3) is 5.75. The second kappa shape index (κ2) is 12.1. The quantitative estimate of drug-likeness (QED) is 0.266. The summed E-state index contributed by atoms with van der Waals surface area (Å²) in [5.74, 6) is -0.160. The van der Waals surface area contributed by atoms with Gasteiger partial charge in [0, 0.05) is 54.9 Å². The second-order valence-corrected chi connectivity index (χ2v) is 11.2. The Morgan fingerprint density at radius 2 is 1.83 bits per heavy atom. The van der Waals surface area contributed by atoms with Crippen LogP contribution in [-0.2, 0) is 4.74 Å². The number of fused-ring (bicyclic) bond motifs is 1. The lowest BCUT2D eigenvalue weighted by molar-refractivity contribution is 0.122. The average molecular weight is 560 g/mol. The first-order chi connectivity index (χ1) is 19.8. The van der Waals surface area contributed by atoms with E-state index in [1.165, 1.54) is 6.07 Å². The predicted octanol–water partition coefficient (Wildman–Crippen LogP) is 8.18. The number of anilines is 3. The molecule has 6 nitrogen and oxygen atoms in total. The zero-order valence-corrected chi connectivity index (χ0v) is 24.6. The Morgan fingerprint density at radius 1 is 1.05 bits per heavy atom. The van der Waals surface area contributed by atoms with E-state index in [1.807, 2.05) is 45.2 Å². The molecule has 2 aliphatic rings. The summed E-state index contributed by atoms with van der Waals surface area (Å²) in [5, 5.41) is 3.88. The van der Waals surface area contributed by atoms with Gasteiger partial charge in [-0.05, 0) is 48.8 Å². The molecular weight excluding hydrogens is 520 g/mol. The van der Waals surface area contributed by atoms with Crippen molar-refractivity contribution in [2.24, 2.45) is 5.41 Å². The van der Waals surface area contributed by atoms with Crippen molar-refractivity contribution in [3.63, 3.8) is 0 Å². The summed E-state index contributed by atoms with van der Waals surface area (Å²) in [5.41, 5.74) is 4.89. The first-order valence-electron chi connectivity index (χ1n) is 14.6. The Labute approximate surface area is 241 Å². The molecule has 2 fully saturated rings. The largest absolute Gasteiger partial charge is 0.378 e. The monoisotopic (exact) mass is 559 g/mol. The first-order valence-corrected chi connectivity index (χ1v) is 14.6. The van der Waals surface area contributed by atoms with Crippen LogP contribution in [-0.4, -0.2) is 41.3 Å². The van der Waals surface area contributed by atoms with Crippen molar-refractivity contribution in [2.75, 3.05) is 36.5 Å². The van der Waals surface area contributed by atoms with Gasteiger partial charge in [0.25, 0.3) is 0 Å². The van der Waals surface area contributed by atoms with Crippen molar-refractivity contribution in [1.82, 2.24) is 15.0 Å². The zero-order valence-electron chi connectivity index (χ0n) is 24.6. The van der Waals surface area contributed by atoms with Gasteiger partial charge < -0.3 is 15.0 Å². The maximum Gasteiger partial charge on any atom is 0.137 e. The van der Waals surface area contributed by atoms with E-state index in [2.05, 4.69) is 40.1 Å². The molecule has 4 heterocycles. The van der Waals surface area contributed by atoms with Crippen molar-refractivity contribution in [1.29, 1.82) is 0 Å². The molecule has 1 N–H and O–H groups in total. The first kappa shape index (κ1) is 28.9. The third-order valence-electron chi connectivity index (χ3n) is 8.30. The molecule has 1 saturated carbocycles. The topological polar surface area (TPSA) is 63.2 Å². The molecule has 8 heteroatoms. The maximum absolute atomic E-state index is 15.4. The Hall–Kier alpha value is -3.65. The smallest absolute Gasteiger partial charge is 0.137 e. The van der Waals surface area contributed by atoms with Crippen molar-refractivity contribution in [3.05, 3.63) is 71.6 Å². The highest BCUT2D eigenvalue weighted by Gasteiger charge is 2.37. The fourth-order valence-electron chi connectivity index (χ4n) is 6.16. The molecule has 4 aromatic rings. The number of aromatic nitrogens is 3. The summed E-state index contributed by atoms with van der Waals surface area (Å²) in [4.78, 5) is 16.2. The van der Waals surface area contributed by atoms with Crippen LogP contribution in [0.3, 0.4) is 0 Å². The van der Waals surface area contributed by atoms with E-state index in [4.69, 9.17) is 9.72 Å². The van der Waals surface area contributed by atoms with Gasteiger partial charge >= 0.3 is 0 Å². The van der Waals surface area contributed by atoms with E-state index in [9.17, 15) is 4.39 Å². The van der Waals surface area contributed by atoms with E-state index in [-0.39, 0.29) is 16.3 Å². The van der Waals surface area contributed by atoms with Crippen LogP contribution in [0.2, 0.25) is 0 Å². The minimum absolute atomic E-state index is 0.113. The van der Waals surface area contributed by atoms with E-state index in [1.54, 1.807) is 6.20 Å². The molecule has 1 aliphatic carbocycles. The number of rotatable bonds is 5. The van der Waals surface area contributed by atoms with Gasteiger partial charge in [0.05, 0.1) is 41.2 Å². The van der Waals surface area contributed by atoms with Gasteiger partial charge in [-0.1, -0.05) is 40.2 Å². The van der Waals surface area contributed by atoms with Gasteiger partial charge in [-0.25, -0.2) is 18.7 Å². The minimum atomic E-state index is -0.666. The predicted molar refractivity (Wildman–Crippen MR) is 162 cm³/mol. The van der Waals surface area contributed by atoms with Crippen LogP contribution >= 0.6 is 0 Å². The molecule has 0 radical (unpaired) electrons. The molecule has 41 heavy (non-hydrogen) atoms. The summed E-state index contributed by atoms with van der Waals surface area (Å²) >= 11 is 0. The number of hydrogen-bond donors (Lipinski definition) is 1. The molecule has 1 atom stereocenters. The number of morpholine rings is 1. The highest BCUT2D eigenvalue weighted by atomic mass is 19.1. The van der Waals surface area contributed by atoms with Crippen molar-refractivity contribution < 1.29 is 13.5 Å². The van der Waals surface area contributed by atoms with Gasteiger partial charge in [-0.15, -0.1) is 0 Å². The molecule has 1 saturated heterocycles. The minimum Gasteiger partial charge on any atom is -0.378 e. The fourth-order valence-corrected chi connectivity index (χ4v) is 6.16. The van der Waals surface area contributed by atoms with Gasteiger partial charge in [-0.3, -0.25) is 4.98 Å². The summed E-state index contributed by atoms with van der Waals surface area (Å²) < 4.78 is 35.4. The highest BCUT2D eigenvalue weighted by molar-refractivity contribution is 5.98. The second-order valence-electron chi connectivity index (χ2n) is 11.2. The third-order valence-corrected chi connectivity index (χ3v) is 8.30. The van der Waals surface area contributed by atoms with Crippen LogP contribution < -0.4 is 10.2 Å². The van der Waals surface area contributed by atoms with Crippen molar-refractivity contribution in [3.8, 4) is 11.4 Å². The molecule has 0 bridgehead atoms. The normalized spacial score (nSPS) is 18.2. The van der Waals surface area contributed by atoms with Crippen LogP contribution in [0.4, 0.5) is 26.0 Å². The standard InChI is InChI=1S/C31H33F2N5O.C2H6/c1-19-29(24-8-4-5-10-34-24)37-26-16-20(32)15-23(33)28(26)30(19)36-25-17-27(38-11-13-39-14-12-38)35-18-21(25)22-7-6-9-31(22,2)3;1-2/h4-5,8,10,15-18,22H,6-7,9,11-14H2,1-3H3,(H,35,36,37);1-2H3. The number of nitrogens with zero attached hydrogens (tertiary/aromatic N) is 4. The maximum atomic E-state index is 15.4. The van der Waals surface area contributed by atoms with Crippen LogP contribution in [0, 0.1) is 24.0 Å². The molecule has 1 aromatic carbocycles. The van der Waals surface area contributed by atoms with E-state index < -0.39 is 11.6 Å². The van der Waals surface area contributed by atoms with E-state index in [0.717, 1.165) is 61.1 Å². The fraction of sp³-hybridized carbons (Fsp3) is 0.424. The van der Waals surface area contributed by atoms with Crippen molar-refractivity contribution >= 4 is 28.1 Å². The summed E-state index contributed by atoms with van der Waals surface area (Å²) in [6, 6.07) is 9.84. The number of nitrogens with one attached hydrogen (secondary N) is 1. The lowest BCUT2D eigenvalue weighted by Crippen LogP contribution is -2.36. The van der Waals surface area contributed by atoms with E-state index >= 15 is 4.39 Å². The van der Waals surface area contributed by atoms with Gasteiger partial charge in [-0.2, -0.15) is 0 Å². The Morgan fingerprint density at radius 3 is 2.51 bits per heavy atom. The SMILES string of the molecule is CC.Cc1c(-c2ccccn2)nc2cc(F)cc(F)c2c1Nc1cc(N2CCOCC2)ncc1C1CCCC1(C)C. The Kier molecular flexibility index (Phi) is 8.50. The lowest BCUT2D eigenvalue weighted by atomic mass is 9.77. The molecule has 6 rings (SSSR count). The molecular formula is C33H39F2N5O. The number of pyridine rings is 3. The molecule has 1 aliphatic heterocycles. The van der Waals surface area contributed by atoms with E-state index in [0.29, 0.717) is 36.2 Å². The molecule has 216 valence electrons. The number of benzene rings is 1. The van der Waals surface area contributed by atoms with Gasteiger partial charge in [0.1, 0.15) is 17.5 Å². The molecule has 1 unspecified atom stereocenters. The Balaban J connectivity index is 0.00000165. The average Bonchev–Trinajstić information content (AvgIpc) is 3.34. The Bertz CT molecular complexity index is 1520. The van der Waals surface area contributed by atoms with Crippen LogP contribution in [0.25, 0.3) is 22.3 Å². The van der Waals surface area contributed by atoms with Crippen LogP contribution in [0.15, 0.2) is 48.8 Å². The number of ether oxygens (including phenoxy) is 1. The summed E-state index contributed by atoms with van der Waals surface area (Å²) in [6.07, 6.45) is 7.03. The zero-order chi connectivity index (χ0) is 29.1. The van der Waals surface area contributed by atoms with Crippen molar-refractivity contribution in [2.45, 2.75) is 59.8 Å². The lowest BCUT2D eigenvalue weighted by Gasteiger charge is -2.32.